The first-order valence-electron chi connectivity index (χ1n) is 13.4. The van der Waals surface area contributed by atoms with Crippen LogP contribution in [0.1, 0.15) is 50.6 Å². The van der Waals surface area contributed by atoms with Gasteiger partial charge in [-0.1, -0.05) is 35.6 Å². The van der Waals surface area contributed by atoms with Crippen LogP contribution >= 0.6 is 11.3 Å². The predicted molar refractivity (Wildman–Crippen MR) is 158 cm³/mol. The van der Waals surface area contributed by atoms with Crippen LogP contribution in [0.2, 0.25) is 0 Å². The first kappa shape index (κ1) is 28.7. The lowest BCUT2D eigenvalue weighted by Crippen LogP contribution is -2.40. The maximum absolute atomic E-state index is 13.9. The van der Waals surface area contributed by atoms with Crippen LogP contribution < -0.4 is 19.6 Å². The van der Waals surface area contributed by atoms with E-state index in [4.69, 9.17) is 13.9 Å². The number of benzene rings is 2. The Bertz CT molecular complexity index is 1900. The van der Waals surface area contributed by atoms with Crippen molar-refractivity contribution in [3.05, 3.63) is 113 Å². The van der Waals surface area contributed by atoms with Crippen molar-refractivity contribution < 1.29 is 23.6 Å². The molecule has 0 aliphatic carbocycles. The molecule has 1 aliphatic heterocycles. The molecule has 0 bridgehead atoms. The number of ether oxygens (including phenoxy) is 2. The molecule has 5 rings (SSSR count). The number of nitro groups is 1. The summed E-state index contributed by atoms with van der Waals surface area (Å²) in [6.45, 7) is 9.34. The molecule has 0 unspecified atom stereocenters. The van der Waals surface area contributed by atoms with Crippen LogP contribution in [0.4, 0.5) is 5.69 Å². The highest BCUT2D eigenvalue weighted by Gasteiger charge is 2.34. The van der Waals surface area contributed by atoms with E-state index in [-0.39, 0.29) is 22.9 Å². The highest BCUT2D eigenvalue weighted by Crippen LogP contribution is 2.32. The predicted octanol–water partition coefficient (Wildman–Crippen LogP) is 5.06. The molecule has 11 heteroatoms. The van der Waals surface area contributed by atoms with Crippen LogP contribution in [-0.2, 0) is 9.53 Å². The van der Waals surface area contributed by atoms with Gasteiger partial charge >= 0.3 is 5.97 Å². The van der Waals surface area contributed by atoms with Gasteiger partial charge in [-0.3, -0.25) is 19.5 Å². The summed E-state index contributed by atoms with van der Waals surface area (Å²) in [5, 5.41) is 11.4. The molecule has 2 aromatic carbocycles. The van der Waals surface area contributed by atoms with Gasteiger partial charge in [0.2, 0.25) is 0 Å². The molecular formula is C31H29N3O7S. The fraction of sp³-hybridized carbons (Fsp3) is 0.258. The standard InChI is InChI=1S/C31H29N3O7S/c1-6-39-22-11-9-20(10-12-22)28-27(30(36)40-17(2)3)19(5)32-31-33(28)29(35)26(42-31)16-23-13-14-25(41-23)21-8-7-18(4)24(15-21)34(37)38/h7-17,28H,6H2,1-5H3/b26-16+/t28-/m1/s1. The minimum atomic E-state index is -0.759. The topological polar surface area (TPSA) is 126 Å². The maximum Gasteiger partial charge on any atom is 0.338 e. The molecule has 4 aromatic rings. The smallest absolute Gasteiger partial charge is 0.338 e. The summed E-state index contributed by atoms with van der Waals surface area (Å²) in [4.78, 5) is 43.1. The van der Waals surface area contributed by atoms with Gasteiger partial charge in [0.1, 0.15) is 17.3 Å². The number of fused-ring (bicyclic) bond motifs is 1. The Balaban J connectivity index is 1.60. The highest BCUT2D eigenvalue weighted by atomic mass is 32.1. The molecular weight excluding hydrogens is 558 g/mol. The first-order valence-corrected chi connectivity index (χ1v) is 14.2. The molecule has 0 saturated carbocycles. The highest BCUT2D eigenvalue weighted by molar-refractivity contribution is 7.07. The van der Waals surface area contributed by atoms with Crippen molar-refractivity contribution in [3.8, 4) is 17.1 Å². The number of hydrogen-bond acceptors (Lipinski definition) is 9. The van der Waals surface area contributed by atoms with Gasteiger partial charge in [0.05, 0.1) is 39.5 Å². The van der Waals surface area contributed by atoms with Crippen LogP contribution in [0.5, 0.6) is 5.75 Å². The molecule has 0 saturated heterocycles. The van der Waals surface area contributed by atoms with Gasteiger partial charge in [-0.05, 0) is 64.4 Å². The molecule has 0 amide bonds. The van der Waals surface area contributed by atoms with Gasteiger partial charge in [-0.2, -0.15) is 0 Å². The summed E-state index contributed by atoms with van der Waals surface area (Å²) in [6, 6.07) is 14.8. The average Bonchev–Trinajstić information content (AvgIpc) is 3.52. The van der Waals surface area contributed by atoms with Crippen LogP contribution in [0, 0.1) is 17.0 Å². The first-order chi connectivity index (χ1) is 20.1. The van der Waals surface area contributed by atoms with Crippen molar-refractivity contribution in [1.29, 1.82) is 0 Å². The Morgan fingerprint density at radius 3 is 2.57 bits per heavy atom. The number of carbonyl (C=O) groups excluding carboxylic acids is 1. The van der Waals surface area contributed by atoms with Gasteiger partial charge in [0, 0.05) is 23.3 Å². The molecule has 1 atom stereocenters. The molecule has 2 aromatic heterocycles. The third kappa shape index (κ3) is 5.55. The number of aryl methyl sites for hydroxylation is 1. The normalized spacial score (nSPS) is 15.0. The van der Waals surface area contributed by atoms with E-state index < -0.39 is 16.9 Å². The number of allylic oxidation sites excluding steroid dienone is 1. The van der Waals surface area contributed by atoms with E-state index >= 15 is 0 Å². The molecule has 0 N–H and O–H groups in total. The Hall–Kier alpha value is -4.77. The zero-order valence-corrected chi connectivity index (χ0v) is 24.6. The third-order valence-electron chi connectivity index (χ3n) is 6.68. The van der Waals surface area contributed by atoms with Crippen molar-refractivity contribution in [2.75, 3.05) is 6.61 Å². The van der Waals surface area contributed by atoms with E-state index in [0.29, 0.717) is 55.6 Å². The number of carbonyl (C=O) groups is 1. The number of aromatic nitrogens is 1. The second-order valence-electron chi connectivity index (χ2n) is 10.00. The number of rotatable bonds is 8. The lowest BCUT2D eigenvalue weighted by molar-refractivity contribution is -0.385. The maximum atomic E-state index is 13.9. The Morgan fingerprint density at radius 2 is 1.90 bits per heavy atom. The fourth-order valence-corrected chi connectivity index (χ4v) is 5.79. The van der Waals surface area contributed by atoms with E-state index in [1.165, 1.54) is 22.0 Å². The number of esters is 1. The minimum absolute atomic E-state index is 0.00443. The second-order valence-corrected chi connectivity index (χ2v) is 11.0. The van der Waals surface area contributed by atoms with Gasteiger partial charge in [0.25, 0.3) is 11.2 Å². The van der Waals surface area contributed by atoms with Crippen LogP contribution in [-0.4, -0.2) is 28.2 Å². The van der Waals surface area contributed by atoms with E-state index in [2.05, 4.69) is 4.99 Å². The number of furan rings is 1. The SMILES string of the molecule is CCOc1ccc([C@@H]2C(C(=O)OC(C)C)=C(C)N=c3s/c(=C/c4ccc(-c5ccc(C)c([N+](=O)[O-])c5)o4)c(=O)n32)cc1. The van der Waals surface area contributed by atoms with Crippen molar-refractivity contribution in [2.45, 2.75) is 46.8 Å². The molecule has 0 spiro atoms. The van der Waals surface area contributed by atoms with E-state index in [1.54, 1.807) is 70.2 Å². The molecule has 10 nitrogen and oxygen atoms in total. The summed E-state index contributed by atoms with van der Waals surface area (Å²) in [5.74, 6) is 0.959. The number of hydrogen-bond donors (Lipinski definition) is 0. The molecule has 1 aliphatic rings. The minimum Gasteiger partial charge on any atom is -0.494 e. The quantitative estimate of drug-likeness (QED) is 0.160. The van der Waals surface area contributed by atoms with E-state index in [0.717, 1.165) is 0 Å². The lowest BCUT2D eigenvalue weighted by atomic mass is 9.96. The number of nitrogens with zero attached hydrogens (tertiary/aromatic N) is 3. The van der Waals surface area contributed by atoms with Gasteiger partial charge in [-0.15, -0.1) is 0 Å². The van der Waals surface area contributed by atoms with Crippen molar-refractivity contribution in [2.24, 2.45) is 4.99 Å². The van der Waals surface area contributed by atoms with Gasteiger partial charge in [0.15, 0.2) is 4.80 Å². The van der Waals surface area contributed by atoms with Crippen LogP contribution in [0.25, 0.3) is 17.4 Å². The van der Waals surface area contributed by atoms with Crippen molar-refractivity contribution >= 4 is 29.1 Å². The summed E-state index contributed by atoms with van der Waals surface area (Å²) >= 11 is 1.18. The van der Waals surface area contributed by atoms with E-state index in [9.17, 15) is 19.7 Å². The Kier molecular flexibility index (Phi) is 7.95. The summed E-state index contributed by atoms with van der Waals surface area (Å²) in [5.41, 5.74) is 2.21. The number of nitro benzene ring substituents is 1. The molecule has 0 fully saturated rings. The summed E-state index contributed by atoms with van der Waals surface area (Å²) < 4.78 is 18.9. The fourth-order valence-electron chi connectivity index (χ4n) is 4.76. The second kappa shape index (κ2) is 11.6. The monoisotopic (exact) mass is 587 g/mol. The van der Waals surface area contributed by atoms with Crippen molar-refractivity contribution in [3.63, 3.8) is 0 Å². The number of thiazole rings is 1. The molecule has 42 heavy (non-hydrogen) atoms. The zero-order valence-electron chi connectivity index (χ0n) is 23.7. The lowest BCUT2D eigenvalue weighted by Gasteiger charge is -2.25. The Morgan fingerprint density at radius 1 is 1.17 bits per heavy atom. The summed E-state index contributed by atoms with van der Waals surface area (Å²) in [7, 11) is 0. The average molecular weight is 588 g/mol. The van der Waals surface area contributed by atoms with Crippen molar-refractivity contribution in [1.82, 2.24) is 4.57 Å². The Labute approximate surface area is 245 Å². The molecule has 0 radical (unpaired) electrons. The third-order valence-corrected chi connectivity index (χ3v) is 7.66. The summed E-state index contributed by atoms with van der Waals surface area (Å²) in [6.07, 6.45) is 1.25. The largest absolute Gasteiger partial charge is 0.494 e. The molecule has 216 valence electrons. The zero-order chi connectivity index (χ0) is 30.1. The van der Waals surface area contributed by atoms with Gasteiger partial charge in [-0.25, -0.2) is 9.79 Å². The van der Waals surface area contributed by atoms with E-state index in [1.807, 2.05) is 19.1 Å². The van der Waals surface area contributed by atoms with Gasteiger partial charge < -0.3 is 13.9 Å². The van der Waals surface area contributed by atoms with Crippen LogP contribution in [0.15, 0.2) is 80.1 Å². The van der Waals surface area contributed by atoms with Crippen LogP contribution in [0.3, 0.4) is 0 Å². The molecule has 3 heterocycles.